The molecule has 0 radical (unpaired) electrons. The van der Waals surface area contributed by atoms with E-state index in [0.717, 1.165) is 6.42 Å². The molecule has 3 aromatic rings. The van der Waals surface area contributed by atoms with Crippen molar-refractivity contribution in [2.75, 3.05) is 11.5 Å². The van der Waals surface area contributed by atoms with Gasteiger partial charge in [-0.05, 0) is 49.7 Å². The Labute approximate surface area is 180 Å². The first-order valence-electron chi connectivity index (χ1n) is 10.2. The molecule has 1 N–H and O–H groups in total. The van der Waals surface area contributed by atoms with Crippen LogP contribution in [-0.2, 0) is 9.59 Å². The molecule has 6 heteroatoms. The molecule has 1 aliphatic rings. The largest absolute Gasteiger partial charge is 0.507 e. The third-order valence-electron chi connectivity index (χ3n) is 5.09. The number of carbonyl (C=O) groups is 2. The molecule has 6 nitrogen and oxygen atoms in total. The van der Waals surface area contributed by atoms with E-state index in [1.54, 1.807) is 67.6 Å². The van der Waals surface area contributed by atoms with Crippen LogP contribution in [0.4, 0.5) is 5.69 Å². The van der Waals surface area contributed by atoms with E-state index >= 15 is 0 Å². The number of nitrogens with zero attached hydrogens (tertiary/aromatic N) is 1. The van der Waals surface area contributed by atoms with Crippen molar-refractivity contribution in [3.05, 3.63) is 89.4 Å². The molecular weight excluding hydrogens is 394 g/mol. The Kier molecular flexibility index (Phi) is 5.62. The summed E-state index contributed by atoms with van der Waals surface area (Å²) < 4.78 is 11.4. The summed E-state index contributed by atoms with van der Waals surface area (Å²) in [4.78, 5) is 27.4. The number of ketones is 1. The summed E-state index contributed by atoms with van der Waals surface area (Å²) >= 11 is 0. The number of aliphatic hydroxyl groups excluding tert-OH is 1. The van der Waals surface area contributed by atoms with Gasteiger partial charge < -0.3 is 14.3 Å². The van der Waals surface area contributed by atoms with E-state index in [0.29, 0.717) is 35.1 Å². The number of hydrogen-bond acceptors (Lipinski definition) is 5. The van der Waals surface area contributed by atoms with Crippen LogP contribution in [0, 0.1) is 6.92 Å². The maximum absolute atomic E-state index is 13.1. The number of carbonyl (C=O) groups excluding carboxylic acids is 2. The highest BCUT2D eigenvalue weighted by atomic mass is 16.5. The summed E-state index contributed by atoms with van der Waals surface area (Å²) in [7, 11) is 0. The van der Waals surface area contributed by atoms with Crippen molar-refractivity contribution in [3.63, 3.8) is 0 Å². The zero-order valence-electron chi connectivity index (χ0n) is 17.4. The summed E-state index contributed by atoms with van der Waals surface area (Å²) in [6.07, 6.45) is 0.843. The molecule has 1 aromatic heterocycles. The lowest BCUT2D eigenvalue weighted by molar-refractivity contribution is -0.132. The Bertz CT molecular complexity index is 1150. The number of rotatable bonds is 6. The van der Waals surface area contributed by atoms with Crippen LogP contribution >= 0.6 is 0 Å². The van der Waals surface area contributed by atoms with E-state index in [-0.39, 0.29) is 11.3 Å². The lowest BCUT2D eigenvalue weighted by Gasteiger charge is -2.23. The zero-order chi connectivity index (χ0) is 22.0. The van der Waals surface area contributed by atoms with Crippen LogP contribution in [-0.4, -0.2) is 23.4 Å². The Morgan fingerprint density at radius 1 is 1.06 bits per heavy atom. The number of benzene rings is 2. The van der Waals surface area contributed by atoms with Gasteiger partial charge in [0.25, 0.3) is 11.7 Å². The first-order valence-corrected chi connectivity index (χ1v) is 10.2. The number of Topliss-reactive ketones (excluding diaryl/α,β-unsaturated/α-hetero) is 1. The molecule has 0 aliphatic carbocycles. The van der Waals surface area contributed by atoms with Crippen LogP contribution in [0.25, 0.3) is 5.76 Å². The van der Waals surface area contributed by atoms with Crippen LogP contribution in [0.2, 0.25) is 0 Å². The van der Waals surface area contributed by atoms with Crippen molar-refractivity contribution in [1.29, 1.82) is 0 Å². The monoisotopic (exact) mass is 417 g/mol. The summed E-state index contributed by atoms with van der Waals surface area (Å²) in [5.41, 5.74) is 0.923. The van der Waals surface area contributed by atoms with Crippen molar-refractivity contribution < 1.29 is 23.8 Å². The molecule has 0 saturated carbocycles. The van der Waals surface area contributed by atoms with Crippen molar-refractivity contribution in [3.8, 4) is 5.75 Å². The minimum atomic E-state index is -0.878. The molecule has 0 spiro atoms. The van der Waals surface area contributed by atoms with Gasteiger partial charge in [0.05, 0.1) is 12.2 Å². The summed E-state index contributed by atoms with van der Waals surface area (Å²) in [6, 6.07) is 18.3. The number of para-hydroxylation sites is 1. The minimum absolute atomic E-state index is 0.0177. The molecule has 158 valence electrons. The SMILES string of the molecule is CCCOc1cccc(/C(O)=C2/C(=O)C(=O)N(c3ccccc3)C2c2ccc(C)o2)c1. The van der Waals surface area contributed by atoms with Gasteiger partial charge in [0.15, 0.2) is 0 Å². The number of hydrogen-bond donors (Lipinski definition) is 1. The second kappa shape index (κ2) is 8.52. The van der Waals surface area contributed by atoms with Crippen LogP contribution in [0.15, 0.2) is 76.7 Å². The van der Waals surface area contributed by atoms with E-state index in [1.807, 2.05) is 13.0 Å². The van der Waals surface area contributed by atoms with Gasteiger partial charge in [0, 0.05) is 11.3 Å². The molecule has 1 amide bonds. The van der Waals surface area contributed by atoms with Gasteiger partial charge in [0.1, 0.15) is 29.1 Å². The fourth-order valence-corrected chi connectivity index (χ4v) is 3.67. The van der Waals surface area contributed by atoms with Gasteiger partial charge in [-0.1, -0.05) is 37.3 Å². The van der Waals surface area contributed by atoms with Gasteiger partial charge in [-0.15, -0.1) is 0 Å². The Hall–Kier alpha value is -3.80. The molecule has 1 aliphatic heterocycles. The van der Waals surface area contributed by atoms with Gasteiger partial charge in [0.2, 0.25) is 0 Å². The number of amides is 1. The maximum Gasteiger partial charge on any atom is 0.300 e. The van der Waals surface area contributed by atoms with E-state index in [4.69, 9.17) is 9.15 Å². The number of furan rings is 1. The van der Waals surface area contributed by atoms with Crippen molar-refractivity contribution in [1.82, 2.24) is 0 Å². The molecule has 1 saturated heterocycles. The number of aliphatic hydroxyl groups is 1. The average molecular weight is 417 g/mol. The van der Waals surface area contributed by atoms with Crippen molar-refractivity contribution >= 4 is 23.1 Å². The first-order chi connectivity index (χ1) is 15.0. The second-order valence-corrected chi connectivity index (χ2v) is 7.33. The van der Waals surface area contributed by atoms with E-state index in [2.05, 4.69) is 0 Å². The predicted octanol–water partition coefficient (Wildman–Crippen LogP) is 5.00. The second-order valence-electron chi connectivity index (χ2n) is 7.33. The molecular formula is C25H23NO5. The maximum atomic E-state index is 13.1. The van der Waals surface area contributed by atoms with Crippen LogP contribution < -0.4 is 9.64 Å². The van der Waals surface area contributed by atoms with Crippen LogP contribution in [0.1, 0.15) is 36.5 Å². The lowest BCUT2D eigenvalue weighted by Crippen LogP contribution is -2.29. The van der Waals surface area contributed by atoms with E-state index in [9.17, 15) is 14.7 Å². The Morgan fingerprint density at radius 3 is 2.52 bits per heavy atom. The molecule has 4 rings (SSSR count). The highest BCUT2D eigenvalue weighted by Crippen LogP contribution is 2.42. The smallest absolute Gasteiger partial charge is 0.300 e. The normalized spacial score (nSPS) is 17.9. The van der Waals surface area contributed by atoms with Crippen molar-refractivity contribution in [2.45, 2.75) is 26.3 Å². The third kappa shape index (κ3) is 3.84. The molecule has 1 fully saturated rings. The zero-order valence-corrected chi connectivity index (χ0v) is 17.4. The van der Waals surface area contributed by atoms with Crippen LogP contribution in [0.5, 0.6) is 5.75 Å². The number of ether oxygens (including phenoxy) is 1. The molecule has 1 atom stereocenters. The molecule has 2 aromatic carbocycles. The minimum Gasteiger partial charge on any atom is -0.507 e. The van der Waals surface area contributed by atoms with Gasteiger partial charge in [-0.2, -0.15) is 0 Å². The summed E-state index contributed by atoms with van der Waals surface area (Å²) in [6.45, 7) is 4.32. The lowest BCUT2D eigenvalue weighted by atomic mass is 9.99. The number of aryl methyl sites for hydroxylation is 1. The Balaban J connectivity index is 1.86. The quantitative estimate of drug-likeness (QED) is 0.347. The third-order valence-corrected chi connectivity index (χ3v) is 5.09. The average Bonchev–Trinajstić information content (AvgIpc) is 3.33. The van der Waals surface area contributed by atoms with Crippen molar-refractivity contribution in [2.24, 2.45) is 0 Å². The topological polar surface area (TPSA) is 80.0 Å². The molecule has 31 heavy (non-hydrogen) atoms. The molecule has 1 unspecified atom stereocenters. The molecule has 0 bridgehead atoms. The van der Waals surface area contributed by atoms with E-state index in [1.165, 1.54) is 4.90 Å². The van der Waals surface area contributed by atoms with E-state index < -0.39 is 17.7 Å². The van der Waals surface area contributed by atoms with Gasteiger partial charge in [-0.3, -0.25) is 14.5 Å². The summed E-state index contributed by atoms with van der Waals surface area (Å²) in [5.74, 6) is -0.124. The number of anilines is 1. The highest BCUT2D eigenvalue weighted by Gasteiger charge is 2.48. The predicted molar refractivity (Wildman–Crippen MR) is 117 cm³/mol. The van der Waals surface area contributed by atoms with Gasteiger partial charge in [-0.25, -0.2) is 0 Å². The molecule has 2 heterocycles. The fourth-order valence-electron chi connectivity index (χ4n) is 3.67. The fraction of sp³-hybridized carbons (Fsp3) is 0.200. The Morgan fingerprint density at radius 2 is 1.84 bits per heavy atom. The summed E-state index contributed by atoms with van der Waals surface area (Å²) in [5, 5.41) is 11.1. The first kappa shape index (κ1) is 20.5. The van der Waals surface area contributed by atoms with Crippen LogP contribution in [0.3, 0.4) is 0 Å². The highest BCUT2D eigenvalue weighted by molar-refractivity contribution is 6.51. The van der Waals surface area contributed by atoms with Gasteiger partial charge >= 0.3 is 0 Å². The standard InChI is InChI=1S/C25H23NO5/c1-3-14-30-19-11-7-8-17(15-19)23(27)21-22(20-13-12-16(2)31-20)26(25(29)24(21)28)18-9-5-4-6-10-18/h4-13,15,22,27H,3,14H2,1-2H3/b23-21-.